The predicted molar refractivity (Wildman–Crippen MR) is 140 cm³/mol. The summed E-state index contributed by atoms with van der Waals surface area (Å²) in [6.45, 7) is 7.50. The van der Waals surface area contributed by atoms with Crippen LogP contribution in [0.1, 0.15) is 34.2 Å². The number of aryl methyl sites for hydroxylation is 3. The molecule has 3 heterocycles. The van der Waals surface area contributed by atoms with Gasteiger partial charge >= 0.3 is 0 Å². The topological polar surface area (TPSA) is 136 Å². The van der Waals surface area contributed by atoms with Gasteiger partial charge in [-0.15, -0.1) is 0 Å². The second kappa shape index (κ2) is 11.6. The molecule has 11 nitrogen and oxygen atoms in total. The van der Waals surface area contributed by atoms with Crippen LogP contribution in [0.25, 0.3) is 11.4 Å². The van der Waals surface area contributed by atoms with E-state index in [1.165, 1.54) is 25.4 Å². The van der Waals surface area contributed by atoms with Crippen molar-refractivity contribution < 1.29 is 18.8 Å². The molecule has 196 valence electrons. The smallest absolute Gasteiger partial charge is 0.278 e. The van der Waals surface area contributed by atoms with E-state index in [1.807, 2.05) is 13.8 Å². The number of hydrogen-bond acceptors (Lipinski definition) is 10. The Bertz CT molecular complexity index is 1460. The normalized spacial score (nSPS) is 10.7. The van der Waals surface area contributed by atoms with Crippen molar-refractivity contribution >= 4 is 28.9 Å². The van der Waals surface area contributed by atoms with Gasteiger partial charge in [0.2, 0.25) is 0 Å². The minimum absolute atomic E-state index is 0.152. The highest BCUT2D eigenvalue weighted by molar-refractivity contribution is 6.00. The molecule has 0 aliphatic heterocycles. The van der Waals surface area contributed by atoms with E-state index in [0.29, 0.717) is 34.5 Å². The summed E-state index contributed by atoms with van der Waals surface area (Å²) < 4.78 is 20.4. The number of halogens is 1. The van der Waals surface area contributed by atoms with E-state index in [-0.39, 0.29) is 23.7 Å². The number of benzene rings is 1. The molecule has 0 saturated carbocycles. The summed E-state index contributed by atoms with van der Waals surface area (Å²) in [6, 6.07) is 4.15. The number of hydroxylamine groups is 1. The molecule has 0 unspecified atom stereocenters. The van der Waals surface area contributed by atoms with Gasteiger partial charge < -0.3 is 15.4 Å². The second-order valence-corrected chi connectivity index (χ2v) is 8.30. The van der Waals surface area contributed by atoms with Gasteiger partial charge in [-0.25, -0.2) is 34.8 Å². The molecule has 4 aromatic rings. The number of methoxy groups -OCH3 is 1. The number of nitrogens with zero attached hydrogens (tertiary/aromatic N) is 5. The third kappa shape index (κ3) is 5.98. The Hall–Kier alpha value is -4.71. The molecular weight excluding hydrogens is 491 g/mol. The van der Waals surface area contributed by atoms with Gasteiger partial charge in [-0.05, 0) is 39.3 Å². The lowest BCUT2D eigenvalue weighted by molar-refractivity contribution is 0.0365. The Morgan fingerprint density at radius 2 is 1.71 bits per heavy atom. The van der Waals surface area contributed by atoms with Crippen LogP contribution in [0.5, 0.6) is 5.75 Å². The van der Waals surface area contributed by atoms with Gasteiger partial charge in [0, 0.05) is 42.5 Å². The van der Waals surface area contributed by atoms with Crippen molar-refractivity contribution in [3.05, 3.63) is 71.3 Å². The van der Waals surface area contributed by atoms with Crippen molar-refractivity contribution in [2.75, 3.05) is 24.4 Å². The summed E-state index contributed by atoms with van der Waals surface area (Å²) in [4.78, 5) is 39.5. The standard InChI is InChI=1S/C26H27FN8O3/c1-6-38-35-26(36)19-13-29-22(34-24-15(3)12-28-16(4)32-24)9-20(19)33-21-8-17(27)7-18(23(21)37-5)25-30-10-14(2)11-31-25/h7-13H,6H2,1-5H3,(H,35,36)(H2,28,29,32,33,34). The molecule has 3 N–H and O–H groups in total. The van der Waals surface area contributed by atoms with E-state index in [9.17, 15) is 9.18 Å². The number of ether oxygens (including phenoxy) is 1. The number of nitrogens with one attached hydrogen (secondary N) is 3. The molecule has 1 amide bonds. The summed E-state index contributed by atoms with van der Waals surface area (Å²) in [6.07, 6.45) is 6.33. The van der Waals surface area contributed by atoms with Crippen LogP contribution in [0.3, 0.4) is 0 Å². The lowest BCUT2D eigenvalue weighted by Gasteiger charge is -2.18. The summed E-state index contributed by atoms with van der Waals surface area (Å²) in [5.74, 6) is 1.02. The maximum atomic E-state index is 14.8. The monoisotopic (exact) mass is 518 g/mol. The van der Waals surface area contributed by atoms with Gasteiger partial charge in [0.05, 0.1) is 36.2 Å². The Morgan fingerprint density at radius 3 is 2.42 bits per heavy atom. The SMILES string of the molecule is CCONC(=O)c1cnc(Nc2nc(C)ncc2C)cc1Nc1cc(F)cc(-c2ncc(C)cn2)c1OC. The van der Waals surface area contributed by atoms with Crippen LogP contribution in [0.15, 0.2) is 43.0 Å². The lowest BCUT2D eigenvalue weighted by atomic mass is 10.1. The summed E-state index contributed by atoms with van der Waals surface area (Å²) in [5.41, 5.74) is 5.08. The number of hydrogen-bond donors (Lipinski definition) is 3. The number of pyridine rings is 1. The maximum Gasteiger partial charge on any atom is 0.278 e. The zero-order valence-corrected chi connectivity index (χ0v) is 21.6. The van der Waals surface area contributed by atoms with Crippen molar-refractivity contribution in [3.8, 4) is 17.1 Å². The summed E-state index contributed by atoms with van der Waals surface area (Å²) in [7, 11) is 1.46. The third-order valence-electron chi connectivity index (χ3n) is 5.35. The van der Waals surface area contributed by atoms with Crippen molar-refractivity contribution in [1.82, 2.24) is 30.4 Å². The first-order valence-electron chi connectivity index (χ1n) is 11.7. The van der Waals surface area contributed by atoms with Crippen molar-refractivity contribution in [2.24, 2.45) is 0 Å². The van der Waals surface area contributed by atoms with E-state index < -0.39 is 11.7 Å². The number of carbonyl (C=O) groups is 1. The van der Waals surface area contributed by atoms with Gasteiger partial charge in [-0.3, -0.25) is 9.63 Å². The summed E-state index contributed by atoms with van der Waals surface area (Å²) >= 11 is 0. The van der Waals surface area contributed by atoms with Crippen molar-refractivity contribution in [2.45, 2.75) is 27.7 Å². The number of amides is 1. The minimum atomic E-state index is -0.549. The number of carbonyl (C=O) groups excluding carboxylic acids is 1. The Balaban J connectivity index is 1.78. The fourth-order valence-electron chi connectivity index (χ4n) is 3.53. The van der Waals surface area contributed by atoms with Gasteiger partial charge in [-0.2, -0.15) is 0 Å². The molecule has 0 fully saturated rings. The molecule has 0 bridgehead atoms. The van der Waals surface area contributed by atoms with Crippen LogP contribution < -0.4 is 20.9 Å². The van der Waals surface area contributed by atoms with Crippen LogP contribution in [0, 0.1) is 26.6 Å². The molecule has 0 saturated heterocycles. The zero-order chi connectivity index (χ0) is 27.2. The maximum absolute atomic E-state index is 14.8. The molecule has 0 atom stereocenters. The molecule has 4 rings (SSSR count). The third-order valence-corrected chi connectivity index (χ3v) is 5.35. The zero-order valence-electron chi connectivity index (χ0n) is 21.6. The molecule has 0 aliphatic carbocycles. The predicted octanol–water partition coefficient (Wildman–Crippen LogP) is 4.57. The van der Waals surface area contributed by atoms with E-state index in [4.69, 9.17) is 9.57 Å². The fourth-order valence-corrected chi connectivity index (χ4v) is 3.53. The summed E-state index contributed by atoms with van der Waals surface area (Å²) in [5, 5.41) is 6.25. The number of anilines is 4. The van der Waals surface area contributed by atoms with Crippen LogP contribution in [0.2, 0.25) is 0 Å². The molecule has 12 heteroatoms. The molecule has 3 aromatic heterocycles. The van der Waals surface area contributed by atoms with Gasteiger partial charge in [0.15, 0.2) is 11.6 Å². The second-order valence-electron chi connectivity index (χ2n) is 8.30. The van der Waals surface area contributed by atoms with Crippen molar-refractivity contribution in [1.29, 1.82) is 0 Å². The molecule has 0 spiro atoms. The van der Waals surface area contributed by atoms with E-state index in [2.05, 4.69) is 41.0 Å². The highest BCUT2D eigenvalue weighted by Crippen LogP contribution is 2.38. The number of rotatable bonds is 9. The Morgan fingerprint density at radius 1 is 0.947 bits per heavy atom. The number of aromatic nitrogens is 5. The minimum Gasteiger partial charge on any atom is -0.494 e. The first kappa shape index (κ1) is 26.4. The van der Waals surface area contributed by atoms with Crippen LogP contribution >= 0.6 is 0 Å². The fraction of sp³-hybridized carbons (Fsp3) is 0.231. The first-order chi connectivity index (χ1) is 18.3. The highest BCUT2D eigenvalue weighted by atomic mass is 19.1. The molecule has 38 heavy (non-hydrogen) atoms. The highest BCUT2D eigenvalue weighted by Gasteiger charge is 2.20. The average Bonchev–Trinajstić information content (AvgIpc) is 2.89. The van der Waals surface area contributed by atoms with Crippen LogP contribution in [0.4, 0.5) is 27.4 Å². The molecule has 0 radical (unpaired) electrons. The molecule has 0 aliphatic rings. The van der Waals surface area contributed by atoms with Crippen LogP contribution in [-0.2, 0) is 4.84 Å². The van der Waals surface area contributed by atoms with Gasteiger partial charge in [-0.1, -0.05) is 0 Å². The first-order valence-corrected chi connectivity index (χ1v) is 11.7. The largest absolute Gasteiger partial charge is 0.494 e. The van der Waals surface area contributed by atoms with E-state index in [0.717, 1.165) is 11.1 Å². The van der Waals surface area contributed by atoms with Gasteiger partial charge in [0.25, 0.3) is 5.91 Å². The van der Waals surface area contributed by atoms with Gasteiger partial charge in [0.1, 0.15) is 23.3 Å². The average molecular weight is 519 g/mol. The van der Waals surface area contributed by atoms with E-state index >= 15 is 0 Å². The molecule has 1 aromatic carbocycles. The lowest BCUT2D eigenvalue weighted by Crippen LogP contribution is -2.24. The Labute approximate surface area is 218 Å². The quantitative estimate of drug-likeness (QED) is 0.270. The van der Waals surface area contributed by atoms with Crippen LogP contribution in [-0.4, -0.2) is 44.5 Å². The molecular formula is C26H27FN8O3. The Kier molecular flexibility index (Phi) is 8.02. The van der Waals surface area contributed by atoms with E-state index in [1.54, 1.807) is 38.5 Å². The van der Waals surface area contributed by atoms with Crippen molar-refractivity contribution in [3.63, 3.8) is 0 Å².